The molecule has 0 aliphatic heterocycles. The number of halogens is 4. The van der Waals surface area contributed by atoms with Crippen molar-refractivity contribution >= 4 is 40.3 Å². The average molecular weight is 440 g/mol. The second kappa shape index (κ2) is 8.41. The number of nitrogens with one attached hydrogen (secondary N) is 2. The lowest BCUT2D eigenvalue weighted by Crippen LogP contribution is -2.08. The van der Waals surface area contributed by atoms with Crippen molar-refractivity contribution in [1.82, 2.24) is 9.97 Å². The number of ether oxygens (including phenoxy) is 1. The smallest absolute Gasteiger partial charge is 0.417 e. The first-order valence-electron chi connectivity index (χ1n) is 8.23. The SMILES string of the molecule is COc1cccc(Nc2ncnc(Nc3ccc(Cl)c(C(F)(F)F)c3)c2[N+](=O)[O-])c1. The maximum atomic E-state index is 13.1. The maximum Gasteiger partial charge on any atom is 0.417 e. The largest absolute Gasteiger partial charge is 0.497 e. The number of nitro groups is 1. The minimum atomic E-state index is -4.69. The van der Waals surface area contributed by atoms with Crippen molar-refractivity contribution in [3.05, 3.63) is 69.5 Å². The van der Waals surface area contributed by atoms with E-state index in [0.717, 1.165) is 18.5 Å². The minimum Gasteiger partial charge on any atom is -0.497 e. The third-order valence-corrected chi connectivity index (χ3v) is 4.20. The number of alkyl halides is 3. The van der Waals surface area contributed by atoms with Gasteiger partial charge in [0.05, 0.1) is 22.6 Å². The molecule has 8 nitrogen and oxygen atoms in total. The fourth-order valence-electron chi connectivity index (χ4n) is 2.53. The van der Waals surface area contributed by atoms with Gasteiger partial charge in [0.2, 0.25) is 11.6 Å². The highest BCUT2D eigenvalue weighted by atomic mass is 35.5. The quantitative estimate of drug-likeness (QED) is 0.383. The molecule has 0 amide bonds. The molecule has 0 bridgehead atoms. The Balaban J connectivity index is 1.98. The molecule has 30 heavy (non-hydrogen) atoms. The second-order valence-corrected chi connectivity index (χ2v) is 6.26. The van der Waals surface area contributed by atoms with E-state index in [-0.39, 0.29) is 17.3 Å². The molecule has 0 unspecified atom stereocenters. The highest BCUT2D eigenvalue weighted by Gasteiger charge is 2.33. The van der Waals surface area contributed by atoms with Gasteiger partial charge in [0.15, 0.2) is 0 Å². The summed E-state index contributed by atoms with van der Waals surface area (Å²) in [5.41, 5.74) is -1.27. The molecule has 1 aromatic heterocycles. The van der Waals surface area contributed by atoms with Crippen molar-refractivity contribution in [1.29, 1.82) is 0 Å². The van der Waals surface area contributed by atoms with Gasteiger partial charge in [-0.15, -0.1) is 0 Å². The average Bonchev–Trinajstić information content (AvgIpc) is 2.68. The molecule has 1 heterocycles. The Bertz CT molecular complexity index is 1090. The van der Waals surface area contributed by atoms with Crippen molar-refractivity contribution in [3.63, 3.8) is 0 Å². The normalized spacial score (nSPS) is 11.1. The molecule has 0 radical (unpaired) electrons. The van der Waals surface area contributed by atoms with Gasteiger partial charge < -0.3 is 15.4 Å². The number of methoxy groups -OCH3 is 1. The molecule has 0 aliphatic carbocycles. The second-order valence-electron chi connectivity index (χ2n) is 5.85. The summed E-state index contributed by atoms with van der Waals surface area (Å²) in [5, 5.41) is 16.5. The van der Waals surface area contributed by atoms with Crippen molar-refractivity contribution in [2.75, 3.05) is 17.7 Å². The summed E-state index contributed by atoms with van der Waals surface area (Å²) in [6.07, 6.45) is -3.65. The summed E-state index contributed by atoms with van der Waals surface area (Å²) >= 11 is 5.60. The van der Waals surface area contributed by atoms with Gasteiger partial charge in [-0.25, -0.2) is 9.97 Å². The standard InChI is InChI=1S/C18H13ClF3N5O3/c1-30-12-4-2-3-10(7-12)25-16-15(27(28)29)17(24-9-23-16)26-11-5-6-14(19)13(8-11)18(20,21)22/h2-9H,1H3,(H2,23,24,25,26). The third-order valence-electron chi connectivity index (χ3n) is 3.87. The van der Waals surface area contributed by atoms with Crippen LogP contribution in [-0.4, -0.2) is 22.0 Å². The van der Waals surface area contributed by atoms with Crippen LogP contribution >= 0.6 is 11.6 Å². The van der Waals surface area contributed by atoms with Gasteiger partial charge in [-0.2, -0.15) is 13.2 Å². The first-order valence-corrected chi connectivity index (χ1v) is 8.61. The van der Waals surface area contributed by atoms with Crippen LogP contribution in [0.2, 0.25) is 5.02 Å². The molecular formula is C18H13ClF3N5O3. The number of rotatable bonds is 6. The lowest BCUT2D eigenvalue weighted by Gasteiger charge is -2.13. The van der Waals surface area contributed by atoms with E-state index in [1.54, 1.807) is 24.3 Å². The zero-order chi connectivity index (χ0) is 21.9. The molecule has 0 atom stereocenters. The van der Waals surface area contributed by atoms with Gasteiger partial charge in [-0.05, 0) is 30.3 Å². The molecule has 2 N–H and O–H groups in total. The predicted molar refractivity (Wildman–Crippen MR) is 105 cm³/mol. The zero-order valence-corrected chi connectivity index (χ0v) is 16.0. The molecule has 156 valence electrons. The molecule has 3 aromatic rings. The Kier molecular flexibility index (Phi) is 5.92. The van der Waals surface area contributed by atoms with E-state index in [0.29, 0.717) is 11.4 Å². The summed E-state index contributed by atoms with van der Waals surface area (Å²) in [7, 11) is 1.47. The number of nitrogens with zero attached hydrogens (tertiary/aromatic N) is 3. The van der Waals surface area contributed by atoms with E-state index in [4.69, 9.17) is 16.3 Å². The van der Waals surface area contributed by atoms with E-state index in [1.165, 1.54) is 13.2 Å². The first-order chi connectivity index (χ1) is 14.2. The molecule has 0 spiro atoms. The molecule has 0 saturated carbocycles. The zero-order valence-electron chi connectivity index (χ0n) is 15.2. The third kappa shape index (κ3) is 4.69. The maximum absolute atomic E-state index is 13.1. The Morgan fingerprint density at radius 1 is 1.07 bits per heavy atom. The monoisotopic (exact) mass is 439 g/mol. The van der Waals surface area contributed by atoms with Gasteiger partial charge in [0.1, 0.15) is 12.1 Å². The van der Waals surface area contributed by atoms with Crippen LogP contribution in [-0.2, 0) is 6.18 Å². The van der Waals surface area contributed by atoms with Gasteiger partial charge in [-0.3, -0.25) is 10.1 Å². The van der Waals surface area contributed by atoms with Crippen LogP contribution < -0.4 is 15.4 Å². The van der Waals surface area contributed by atoms with Crippen LogP contribution in [0.4, 0.5) is 41.9 Å². The highest BCUT2D eigenvalue weighted by molar-refractivity contribution is 6.31. The molecule has 0 aliphatic rings. The van der Waals surface area contributed by atoms with Gasteiger partial charge in [0, 0.05) is 17.4 Å². The van der Waals surface area contributed by atoms with E-state index >= 15 is 0 Å². The van der Waals surface area contributed by atoms with E-state index in [2.05, 4.69) is 20.6 Å². The van der Waals surface area contributed by atoms with Crippen LogP contribution in [0.25, 0.3) is 0 Å². The first kappa shape index (κ1) is 21.1. The van der Waals surface area contributed by atoms with Gasteiger partial charge in [0.25, 0.3) is 0 Å². The van der Waals surface area contributed by atoms with Crippen molar-refractivity contribution in [3.8, 4) is 5.75 Å². The number of anilines is 4. The van der Waals surface area contributed by atoms with Crippen LogP contribution in [0, 0.1) is 10.1 Å². The number of hydrogen-bond acceptors (Lipinski definition) is 7. The number of benzene rings is 2. The van der Waals surface area contributed by atoms with E-state index in [9.17, 15) is 23.3 Å². The number of aromatic nitrogens is 2. The summed E-state index contributed by atoms with van der Waals surface area (Å²) in [6.45, 7) is 0. The summed E-state index contributed by atoms with van der Waals surface area (Å²) in [6, 6.07) is 9.60. The van der Waals surface area contributed by atoms with E-state index < -0.39 is 27.4 Å². The van der Waals surface area contributed by atoms with Crippen molar-refractivity contribution < 1.29 is 22.8 Å². The Morgan fingerprint density at radius 3 is 2.27 bits per heavy atom. The Morgan fingerprint density at radius 2 is 1.70 bits per heavy atom. The summed E-state index contributed by atoms with van der Waals surface area (Å²) in [4.78, 5) is 18.6. The van der Waals surface area contributed by atoms with Crippen molar-refractivity contribution in [2.45, 2.75) is 6.18 Å². The molecular weight excluding hydrogens is 427 g/mol. The summed E-state index contributed by atoms with van der Waals surface area (Å²) < 4.78 is 44.3. The van der Waals surface area contributed by atoms with Crippen molar-refractivity contribution in [2.24, 2.45) is 0 Å². The molecule has 2 aromatic carbocycles. The molecule has 0 fully saturated rings. The highest BCUT2D eigenvalue weighted by Crippen LogP contribution is 2.38. The van der Waals surface area contributed by atoms with Gasteiger partial charge in [-0.1, -0.05) is 17.7 Å². The van der Waals surface area contributed by atoms with Crippen LogP contribution in [0.15, 0.2) is 48.8 Å². The predicted octanol–water partition coefficient (Wildman–Crippen LogP) is 5.55. The van der Waals surface area contributed by atoms with E-state index in [1.807, 2.05) is 0 Å². The van der Waals surface area contributed by atoms with Crippen LogP contribution in [0.1, 0.15) is 5.56 Å². The molecule has 12 heteroatoms. The fraction of sp³-hybridized carbons (Fsp3) is 0.111. The fourth-order valence-corrected chi connectivity index (χ4v) is 2.75. The Hall–Kier alpha value is -3.60. The lowest BCUT2D eigenvalue weighted by molar-refractivity contribution is -0.383. The molecule has 3 rings (SSSR count). The summed E-state index contributed by atoms with van der Waals surface area (Å²) in [5.74, 6) is 0.0579. The topological polar surface area (TPSA) is 102 Å². The van der Waals surface area contributed by atoms with Crippen LogP contribution in [0.3, 0.4) is 0 Å². The van der Waals surface area contributed by atoms with Gasteiger partial charge >= 0.3 is 11.9 Å². The lowest BCUT2D eigenvalue weighted by atomic mass is 10.2. The minimum absolute atomic E-state index is 0.0825. The van der Waals surface area contributed by atoms with Crippen LogP contribution in [0.5, 0.6) is 5.75 Å². The number of hydrogen-bond donors (Lipinski definition) is 2. The Labute approximate surface area is 172 Å². The molecule has 0 saturated heterocycles.